The van der Waals surface area contributed by atoms with Crippen molar-refractivity contribution in [3.05, 3.63) is 77.2 Å². The third-order valence-electron chi connectivity index (χ3n) is 5.60. The van der Waals surface area contributed by atoms with E-state index in [1.165, 1.54) is 11.1 Å². The van der Waals surface area contributed by atoms with Gasteiger partial charge in [-0.2, -0.15) is 5.10 Å². The van der Waals surface area contributed by atoms with Gasteiger partial charge in [0.25, 0.3) is 5.91 Å². The van der Waals surface area contributed by atoms with Gasteiger partial charge in [-0.05, 0) is 30.5 Å². The molecule has 0 aliphatic carbocycles. The fourth-order valence-electron chi connectivity index (χ4n) is 4.09. The van der Waals surface area contributed by atoms with E-state index < -0.39 is 0 Å². The maximum Gasteiger partial charge on any atom is 0.257 e. The van der Waals surface area contributed by atoms with Crippen LogP contribution in [-0.2, 0) is 6.54 Å². The Morgan fingerprint density at radius 3 is 2.53 bits per heavy atom. The summed E-state index contributed by atoms with van der Waals surface area (Å²) < 4.78 is 1.80. The lowest BCUT2D eigenvalue weighted by atomic mass is 10.0. The second-order valence-corrected chi connectivity index (χ2v) is 8.26. The number of carbonyl (C=O) groups is 1. The highest BCUT2D eigenvalue weighted by Crippen LogP contribution is 2.24. The van der Waals surface area contributed by atoms with Crippen LogP contribution in [0.15, 0.2) is 54.9 Å². The first-order valence-corrected chi connectivity index (χ1v) is 10.6. The summed E-state index contributed by atoms with van der Waals surface area (Å²) >= 11 is 0. The standard InChI is InChI=1S/C24H29N5O/c1-18(2)23-21(16-26-29(23)22-9-4-5-10-25-22)24(30)28-13-11-27(12-14-28)17-20-8-6-7-19(3)15-20/h4-10,15-16,18H,11-14,17H2,1-3H3. The number of amides is 1. The van der Waals surface area contributed by atoms with Crippen LogP contribution in [0, 0.1) is 6.92 Å². The maximum atomic E-state index is 13.3. The van der Waals surface area contributed by atoms with E-state index in [9.17, 15) is 4.79 Å². The van der Waals surface area contributed by atoms with Gasteiger partial charge in [-0.3, -0.25) is 9.69 Å². The lowest BCUT2D eigenvalue weighted by molar-refractivity contribution is 0.0627. The SMILES string of the molecule is Cc1cccc(CN2CCN(C(=O)c3cnn(-c4ccccn4)c3C(C)C)CC2)c1. The molecule has 0 N–H and O–H groups in total. The van der Waals surface area contributed by atoms with Crippen molar-refractivity contribution in [2.24, 2.45) is 0 Å². The van der Waals surface area contributed by atoms with E-state index >= 15 is 0 Å². The Bertz CT molecular complexity index is 1000. The van der Waals surface area contributed by atoms with Gasteiger partial charge in [0.15, 0.2) is 5.82 Å². The van der Waals surface area contributed by atoms with Gasteiger partial charge in [0.05, 0.1) is 17.5 Å². The summed E-state index contributed by atoms with van der Waals surface area (Å²) in [4.78, 5) is 22.1. The Labute approximate surface area is 178 Å². The molecule has 4 rings (SSSR count). The number of carbonyl (C=O) groups excluding carboxylic acids is 1. The number of pyridine rings is 1. The quantitative estimate of drug-likeness (QED) is 0.652. The third kappa shape index (κ3) is 4.28. The molecule has 3 heterocycles. The zero-order valence-electron chi connectivity index (χ0n) is 18.0. The Balaban J connectivity index is 1.46. The predicted molar refractivity (Wildman–Crippen MR) is 118 cm³/mol. The van der Waals surface area contributed by atoms with Gasteiger partial charge >= 0.3 is 0 Å². The number of aryl methyl sites for hydroxylation is 1. The Morgan fingerprint density at radius 2 is 1.87 bits per heavy atom. The van der Waals surface area contributed by atoms with E-state index in [4.69, 9.17) is 0 Å². The number of benzene rings is 1. The molecule has 1 aliphatic rings. The largest absolute Gasteiger partial charge is 0.336 e. The molecule has 1 amide bonds. The minimum absolute atomic E-state index is 0.0658. The molecule has 3 aromatic rings. The summed E-state index contributed by atoms with van der Waals surface area (Å²) in [6.45, 7) is 10.5. The molecule has 2 aromatic heterocycles. The molecule has 0 bridgehead atoms. The van der Waals surface area contributed by atoms with Crippen molar-refractivity contribution in [2.45, 2.75) is 33.2 Å². The molecule has 6 heteroatoms. The highest BCUT2D eigenvalue weighted by molar-refractivity contribution is 5.95. The van der Waals surface area contributed by atoms with Crippen LogP contribution in [0.2, 0.25) is 0 Å². The second-order valence-electron chi connectivity index (χ2n) is 8.26. The zero-order valence-corrected chi connectivity index (χ0v) is 18.0. The number of piperazine rings is 1. The van der Waals surface area contributed by atoms with Gasteiger partial charge in [0, 0.05) is 38.9 Å². The van der Waals surface area contributed by atoms with Crippen LogP contribution in [0.5, 0.6) is 0 Å². The van der Waals surface area contributed by atoms with Crippen LogP contribution in [-0.4, -0.2) is 56.7 Å². The average molecular weight is 404 g/mol. The molecular weight excluding hydrogens is 374 g/mol. The molecular formula is C24H29N5O. The average Bonchev–Trinajstić information content (AvgIpc) is 3.20. The first-order valence-electron chi connectivity index (χ1n) is 10.6. The highest BCUT2D eigenvalue weighted by atomic mass is 16.2. The second kappa shape index (κ2) is 8.79. The first-order chi connectivity index (χ1) is 14.5. The smallest absolute Gasteiger partial charge is 0.257 e. The van der Waals surface area contributed by atoms with Crippen LogP contribution >= 0.6 is 0 Å². The monoisotopic (exact) mass is 403 g/mol. The molecule has 156 valence electrons. The van der Waals surface area contributed by atoms with E-state index in [0.29, 0.717) is 5.56 Å². The van der Waals surface area contributed by atoms with Gasteiger partial charge in [-0.25, -0.2) is 9.67 Å². The van der Waals surface area contributed by atoms with Crippen molar-refractivity contribution in [3.8, 4) is 5.82 Å². The fourth-order valence-corrected chi connectivity index (χ4v) is 4.09. The summed E-state index contributed by atoms with van der Waals surface area (Å²) in [6.07, 6.45) is 3.45. The van der Waals surface area contributed by atoms with Crippen LogP contribution in [0.1, 0.15) is 46.9 Å². The molecule has 0 unspecified atom stereocenters. The van der Waals surface area contributed by atoms with Crippen molar-refractivity contribution < 1.29 is 4.79 Å². The van der Waals surface area contributed by atoms with Crippen LogP contribution < -0.4 is 0 Å². The molecule has 1 aliphatic heterocycles. The summed E-state index contributed by atoms with van der Waals surface area (Å²) in [5, 5.41) is 4.50. The molecule has 0 radical (unpaired) electrons. The first kappa shape index (κ1) is 20.3. The van der Waals surface area contributed by atoms with E-state index in [1.54, 1.807) is 17.1 Å². The summed E-state index contributed by atoms with van der Waals surface area (Å²) in [5.41, 5.74) is 4.21. The summed E-state index contributed by atoms with van der Waals surface area (Å²) in [7, 11) is 0. The van der Waals surface area contributed by atoms with Gasteiger partial charge in [0.2, 0.25) is 0 Å². The summed E-state index contributed by atoms with van der Waals surface area (Å²) in [6, 6.07) is 14.4. The molecule has 0 atom stereocenters. The van der Waals surface area contributed by atoms with Crippen LogP contribution in [0.4, 0.5) is 0 Å². The third-order valence-corrected chi connectivity index (χ3v) is 5.60. The minimum Gasteiger partial charge on any atom is -0.336 e. The zero-order chi connectivity index (χ0) is 21.1. The number of hydrogen-bond donors (Lipinski definition) is 0. The van der Waals surface area contributed by atoms with E-state index in [1.807, 2.05) is 23.1 Å². The Kier molecular flexibility index (Phi) is 5.95. The summed E-state index contributed by atoms with van der Waals surface area (Å²) in [5.74, 6) is 0.968. The Morgan fingerprint density at radius 1 is 1.07 bits per heavy atom. The molecule has 6 nitrogen and oxygen atoms in total. The van der Waals surface area contributed by atoms with Crippen molar-refractivity contribution >= 4 is 5.91 Å². The van der Waals surface area contributed by atoms with Gasteiger partial charge < -0.3 is 4.90 Å². The Hall–Kier alpha value is -2.99. The van der Waals surface area contributed by atoms with Crippen LogP contribution in [0.25, 0.3) is 5.82 Å². The molecule has 1 saturated heterocycles. The molecule has 0 spiro atoms. The maximum absolute atomic E-state index is 13.3. The van der Waals surface area contributed by atoms with E-state index in [0.717, 1.165) is 44.2 Å². The lowest BCUT2D eigenvalue weighted by Crippen LogP contribution is -2.48. The molecule has 1 fully saturated rings. The number of nitrogens with zero attached hydrogens (tertiary/aromatic N) is 5. The predicted octanol–water partition coefficient (Wildman–Crippen LogP) is 3.66. The van der Waals surface area contributed by atoms with Gasteiger partial charge in [-0.1, -0.05) is 49.7 Å². The topological polar surface area (TPSA) is 54.3 Å². The van der Waals surface area contributed by atoms with Gasteiger partial charge in [0.1, 0.15) is 0 Å². The molecule has 30 heavy (non-hydrogen) atoms. The number of rotatable bonds is 5. The minimum atomic E-state index is 0.0658. The van der Waals surface area contributed by atoms with E-state index in [2.05, 4.69) is 60.0 Å². The van der Waals surface area contributed by atoms with Crippen molar-refractivity contribution in [1.29, 1.82) is 0 Å². The van der Waals surface area contributed by atoms with E-state index in [-0.39, 0.29) is 11.8 Å². The number of hydrogen-bond acceptors (Lipinski definition) is 4. The lowest BCUT2D eigenvalue weighted by Gasteiger charge is -2.35. The molecule has 1 aromatic carbocycles. The normalized spacial score (nSPS) is 15.0. The van der Waals surface area contributed by atoms with Crippen molar-refractivity contribution in [1.82, 2.24) is 24.6 Å². The fraction of sp³-hybridized carbons (Fsp3) is 0.375. The number of aromatic nitrogens is 3. The van der Waals surface area contributed by atoms with Crippen molar-refractivity contribution in [3.63, 3.8) is 0 Å². The van der Waals surface area contributed by atoms with Crippen molar-refractivity contribution in [2.75, 3.05) is 26.2 Å². The van der Waals surface area contributed by atoms with Crippen LogP contribution in [0.3, 0.4) is 0 Å². The molecule has 0 saturated carbocycles. The highest BCUT2D eigenvalue weighted by Gasteiger charge is 2.27. The van der Waals surface area contributed by atoms with Gasteiger partial charge in [-0.15, -0.1) is 0 Å².